The van der Waals surface area contributed by atoms with Crippen molar-refractivity contribution >= 4 is 10.9 Å². The molecule has 1 aromatic carbocycles. The van der Waals surface area contributed by atoms with Crippen LogP contribution in [-0.4, -0.2) is 10.1 Å². The molecule has 1 heterocycles. The van der Waals surface area contributed by atoms with Gasteiger partial charge < -0.3 is 10.1 Å². The number of hydrogen-bond acceptors (Lipinski definition) is 1. The number of hydrogen-bond donors (Lipinski definition) is 2. The van der Waals surface area contributed by atoms with E-state index in [4.69, 9.17) is 0 Å². The van der Waals surface area contributed by atoms with E-state index in [0.29, 0.717) is 0 Å². The van der Waals surface area contributed by atoms with Crippen molar-refractivity contribution in [2.75, 3.05) is 0 Å². The molecule has 0 aliphatic carbocycles. The number of para-hydroxylation sites is 1. The normalized spacial score (nSPS) is 13.7. The number of fused-ring (bicyclic) bond motifs is 1. The van der Waals surface area contributed by atoms with Crippen LogP contribution in [0.25, 0.3) is 10.9 Å². The van der Waals surface area contributed by atoms with Crippen LogP contribution in [0.2, 0.25) is 0 Å². The van der Waals surface area contributed by atoms with Crippen LogP contribution >= 0.6 is 0 Å². The molecule has 0 fully saturated rings. The van der Waals surface area contributed by atoms with E-state index in [2.05, 4.69) is 4.98 Å². The lowest BCUT2D eigenvalue weighted by molar-refractivity contribution is 0.123. The minimum absolute atomic E-state index is 0.239. The predicted molar refractivity (Wildman–Crippen MR) is 58.1 cm³/mol. The van der Waals surface area contributed by atoms with Crippen molar-refractivity contribution in [2.45, 2.75) is 20.0 Å². The number of aromatic amines is 1. The van der Waals surface area contributed by atoms with Gasteiger partial charge in [-0.3, -0.25) is 0 Å². The molecule has 14 heavy (non-hydrogen) atoms. The fraction of sp³-hybridized carbons (Fsp3) is 0.333. The minimum atomic E-state index is -0.401. The Hall–Kier alpha value is -1.28. The van der Waals surface area contributed by atoms with Gasteiger partial charge in [-0.25, -0.2) is 0 Å². The van der Waals surface area contributed by atoms with Crippen LogP contribution in [0.1, 0.15) is 25.6 Å². The lowest BCUT2D eigenvalue weighted by Gasteiger charge is -2.11. The average molecular weight is 189 g/mol. The fourth-order valence-corrected chi connectivity index (χ4v) is 1.61. The van der Waals surface area contributed by atoms with Crippen molar-refractivity contribution in [3.05, 3.63) is 36.0 Å². The van der Waals surface area contributed by atoms with Crippen LogP contribution in [0.5, 0.6) is 0 Å². The maximum atomic E-state index is 9.87. The molecule has 2 aromatic rings. The molecule has 0 saturated heterocycles. The molecule has 2 heteroatoms. The first-order valence-electron chi connectivity index (χ1n) is 4.94. The van der Waals surface area contributed by atoms with E-state index in [-0.39, 0.29) is 5.92 Å². The number of rotatable bonds is 2. The molecule has 0 aliphatic heterocycles. The van der Waals surface area contributed by atoms with Gasteiger partial charge in [0.1, 0.15) is 0 Å². The molecule has 2 N–H and O–H groups in total. The van der Waals surface area contributed by atoms with Crippen molar-refractivity contribution in [2.24, 2.45) is 5.92 Å². The molecule has 0 spiro atoms. The van der Waals surface area contributed by atoms with Crippen molar-refractivity contribution in [1.29, 1.82) is 0 Å². The highest BCUT2D eigenvalue weighted by atomic mass is 16.3. The van der Waals surface area contributed by atoms with Gasteiger partial charge in [0.2, 0.25) is 0 Å². The smallest absolute Gasteiger partial charge is 0.0960 e. The van der Waals surface area contributed by atoms with Crippen LogP contribution in [0.3, 0.4) is 0 Å². The van der Waals surface area contributed by atoms with Gasteiger partial charge in [0.05, 0.1) is 6.10 Å². The lowest BCUT2D eigenvalue weighted by Crippen LogP contribution is -2.05. The van der Waals surface area contributed by atoms with Gasteiger partial charge in [0.15, 0.2) is 0 Å². The number of benzene rings is 1. The summed E-state index contributed by atoms with van der Waals surface area (Å²) in [4.78, 5) is 3.23. The van der Waals surface area contributed by atoms with E-state index in [0.717, 1.165) is 16.6 Å². The Kier molecular flexibility index (Phi) is 2.30. The zero-order chi connectivity index (χ0) is 10.1. The lowest BCUT2D eigenvalue weighted by atomic mass is 10.0. The van der Waals surface area contributed by atoms with Crippen molar-refractivity contribution in [3.8, 4) is 0 Å². The first-order chi connectivity index (χ1) is 6.68. The van der Waals surface area contributed by atoms with Crippen molar-refractivity contribution in [3.63, 3.8) is 0 Å². The zero-order valence-corrected chi connectivity index (χ0v) is 8.49. The summed E-state index contributed by atoms with van der Waals surface area (Å²) in [6.45, 7) is 4.02. The minimum Gasteiger partial charge on any atom is -0.387 e. The highest BCUT2D eigenvalue weighted by Crippen LogP contribution is 2.24. The van der Waals surface area contributed by atoms with E-state index in [1.807, 2.05) is 44.2 Å². The molecule has 1 aromatic heterocycles. The fourth-order valence-electron chi connectivity index (χ4n) is 1.61. The molecule has 0 amide bonds. The summed E-state index contributed by atoms with van der Waals surface area (Å²) in [5.74, 6) is 0.239. The second-order valence-corrected chi connectivity index (χ2v) is 4.00. The number of nitrogens with one attached hydrogen (secondary N) is 1. The quantitative estimate of drug-likeness (QED) is 0.748. The summed E-state index contributed by atoms with van der Waals surface area (Å²) >= 11 is 0. The molecular formula is C12H15NO. The molecule has 0 unspecified atom stereocenters. The van der Waals surface area contributed by atoms with Crippen LogP contribution in [0.15, 0.2) is 30.3 Å². The third-order valence-corrected chi connectivity index (χ3v) is 2.50. The molecule has 2 rings (SSSR count). The molecule has 74 valence electrons. The zero-order valence-electron chi connectivity index (χ0n) is 8.49. The maximum Gasteiger partial charge on any atom is 0.0960 e. The molecule has 2 nitrogen and oxygen atoms in total. The Morgan fingerprint density at radius 3 is 2.57 bits per heavy atom. The van der Waals surface area contributed by atoms with Crippen LogP contribution < -0.4 is 0 Å². The molecule has 0 radical (unpaired) electrons. The molecule has 1 atom stereocenters. The van der Waals surface area contributed by atoms with Crippen LogP contribution in [0.4, 0.5) is 0 Å². The predicted octanol–water partition coefficient (Wildman–Crippen LogP) is 2.86. The average Bonchev–Trinajstić information content (AvgIpc) is 2.59. The van der Waals surface area contributed by atoms with Gasteiger partial charge in [-0.15, -0.1) is 0 Å². The largest absolute Gasteiger partial charge is 0.387 e. The Balaban J connectivity index is 2.45. The van der Waals surface area contributed by atoms with E-state index >= 15 is 0 Å². The molecule has 0 saturated carbocycles. The summed E-state index contributed by atoms with van der Waals surface area (Å²) in [6, 6.07) is 10.1. The van der Waals surface area contributed by atoms with E-state index in [9.17, 15) is 5.11 Å². The maximum absolute atomic E-state index is 9.87. The summed E-state index contributed by atoms with van der Waals surface area (Å²) in [5, 5.41) is 11.0. The van der Waals surface area contributed by atoms with Gasteiger partial charge in [-0.05, 0) is 23.4 Å². The summed E-state index contributed by atoms with van der Waals surface area (Å²) in [7, 11) is 0. The SMILES string of the molecule is CC(C)[C@@H](O)c1cc2ccccc2[nH]1. The number of aliphatic hydroxyl groups excluding tert-OH is 1. The Morgan fingerprint density at radius 1 is 1.21 bits per heavy atom. The van der Waals surface area contributed by atoms with Gasteiger partial charge in [-0.2, -0.15) is 0 Å². The van der Waals surface area contributed by atoms with Gasteiger partial charge >= 0.3 is 0 Å². The van der Waals surface area contributed by atoms with Crippen LogP contribution in [-0.2, 0) is 0 Å². The highest BCUT2D eigenvalue weighted by Gasteiger charge is 2.13. The third-order valence-electron chi connectivity index (χ3n) is 2.50. The first kappa shape index (κ1) is 9.28. The van der Waals surface area contributed by atoms with E-state index in [1.54, 1.807) is 0 Å². The Bertz CT molecular complexity index is 398. The number of aromatic nitrogens is 1. The summed E-state index contributed by atoms with van der Waals surface area (Å²) in [5.41, 5.74) is 1.99. The number of H-pyrrole nitrogens is 1. The standard InChI is InChI=1S/C12H15NO/c1-8(2)12(14)11-7-9-5-3-4-6-10(9)13-11/h3-8,12-14H,1-2H3/t12-/m1/s1. The Labute approximate surface area is 83.6 Å². The Morgan fingerprint density at radius 2 is 1.93 bits per heavy atom. The summed E-state index contributed by atoms with van der Waals surface area (Å²) in [6.07, 6.45) is -0.401. The van der Waals surface area contributed by atoms with Crippen molar-refractivity contribution in [1.82, 2.24) is 4.98 Å². The highest BCUT2D eigenvalue weighted by molar-refractivity contribution is 5.80. The second-order valence-electron chi connectivity index (χ2n) is 4.00. The first-order valence-corrected chi connectivity index (χ1v) is 4.94. The molecule has 0 aliphatic rings. The topological polar surface area (TPSA) is 36.0 Å². The number of aliphatic hydroxyl groups is 1. The molecular weight excluding hydrogens is 174 g/mol. The van der Waals surface area contributed by atoms with Crippen LogP contribution in [0, 0.1) is 5.92 Å². The van der Waals surface area contributed by atoms with E-state index < -0.39 is 6.10 Å². The third kappa shape index (κ3) is 1.53. The van der Waals surface area contributed by atoms with Crippen molar-refractivity contribution < 1.29 is 5.11 Å². The van der Waals surface area contributed by atoms with E-state index in [1.165, 1.54) is 0 Å². The van der Waals surface area contributed by atoms with Gasteiger partial charge in [0.25, 0.3) is 0 Å². The second kappa shape index (κ2) is 3.46. The monoisotopic (exact) mass is 189 g/mol. The van der Waals surface area contributed by atoms with Gasteiger partial charge in [-0.1, -0.05) is 32.0 Å². The summed E-state index contributed by atoms with van der Waals surface area (Å²) < 4.78 is 0. The van der Waals surface area contributed by atoms with Gasteiger partial charge in [0, 0.05) is 11.2 Å². The molecule has 0 bridgehead atoms.